The SMILES string of the molecule is CC/C=C\C/C=C\C/C=C\C/C=C\C=C/C(O)C/C=C\CCC(=O)OC[C@H](O)COC(=O)CCCCCCCCCCCCCCC(C)C. The molecule has 0 spiro atoms. The Kier molecular flexibility index (Phi) is 34.6. The quantitative estimate of drug-likeness (QED) is 0.0309. The van der Waals surface area contributed by atoms with E-state index >= 15 is 0 Å². The maximum Gasteiger partial charge on any atom is 0.306 e. The van der Waals surface area contributed by atoms with Crippen LogP contribution >= 0.6 is 0 Å². The summed E-state index contributed by atoms with van der Waals surface area (Å²) in [6.07, 6.45) is 44.2. The number of rotatable bonds is 33. The van der Waals surface area contributed by atoms with Crippen LogP contribution in [0, 0.1) is 5.92 Å². The number of aliphatic hydroxyl groups is 2. The van der Waals surface area contributed by atoms with Crippen LogP contribution in [0.2, 0.25) is 0 Å². The summed E-state index contributed by atoms with van der Waals surface area (Å²) >= 11 is 0. The Morgan fingerprint density at radius 3 is 1.61 bits per heavy atom. The van der Waals surface area contributed by atoms with E-state index in [1.165, 1.54) is 64.2 Å². The summed E-state index contributed by atoms with van der Waals surface area (Å²) in [5, 5.41) is 20.1. The Labute approximate surface area is 300 Å². The van der Waals surface area contributed by atoms with Gasteiger partial charge in [0.2, 0.25) is 0 Å². The lowest BCUT2D eigenvalue weighted by Crippen LogP contribution is -2.25. The molecule has 0 saturated heterocycles. The molecule has 0 saturated carbocycles. The summed E-state index contributed by atoms with van der Waals surface area (Å²) < 4.78 is 10.2. The van der Waals surface area contributed by atoms with Crippen LogP contribution in [-0.4, -0.2) is 47.6 Å². The first-order valence-electron chi connectivity index (χ1n) is 19.5. The van der Waals surface area contributed by atoms with Crippen molar-refractivity contribution in [1.82, 2.24) is 0 Å². The topological polar surface area (TPSA) is 93.1 Å². The van der Waals surface area contributed by atoms with E-state index in [-0.39, 0.29) is 25.6 Å². The summed E-state index contributed by atoms with van der Waals surface area (Å²) in [7, 11) is 0. The number of esters is 2. The standard InChI is InChI=1S/C43H72O6/c1-4-5-6-7-8-9-10-11-15-18-21-24-28-33-40(44)34-29-26-31-36-43(47)49-38-41(45)37-48-42(46)35-30-25-22-19-16-13-12-14-17-20-23-27-32-39(2)3/h5-6,8-9,11,15,21,24,26,28-29,33,39-41,44-45H,4,7,10,12-14,16-20,22-23,25,27,30-32,34-38H2,1-3H3/b6-5-,9-8-,15-11-,24-21-,29-26-,33-28-/t40?,41-/m1/s1. The molecule has 49 heavy (non-hydrogen) atoms. The van der Waals surface area contributed by atoms with E-state index < -0.39 is 18.2 Å². The number of hydrogen-bond donors (Lipinski definition) is 2. The lowest BCUT2D eigenvalue weighted by Gasteiger charge is -2.12. The van der Waals surface area contributed by atoms with Crippen molar-refractivity contribution in [1.29, 1.82) is 0 Å². The van der Waals surface area contributed by atoms with Gasteiger partial charge < -0.3 is 19.7 Å². The van der Waals surface area contributed by atoms with Crippen LogP contribution in [0.1, 0.15) is 156 Å². The van der Waals surface area contributed by atoms with Gasteiger partial charge in [0.1, 0.15) is 19.3 Å². The van der Waals surface area contributed by atoms with Gasteiger partial charge in [-0.3, -0.25) is 9.59 Å². The molecule has 6 heteroatoms. The molecule has 1 unspecified atom stereocenters. The number of unbranched alkanes of at least 4 members (excludes halogenated alkanes) is 11. The highest BCUT2D eigenvalue weighted by molar-refractivity contribution is 5.70. The Hall–Kier alpha value is -2.70. The fraction of sp³-hybridized carbons (Fsp3) is 0.674. The highest BCUT2D eigenvalue weighted by Crippen LogP contribution is 2.14. The lowest BCUT2D eigenvalue weighted by molar-refractivity contribution is -0.152. The number of carbonyl (C=O) groups is 2. The fourth-order valence-electron chi connectivity index (χ4n) is 5.03. The van der Waals surface area contributed by atoms with Crippen LogP contribution in [0.3, 0.4) is 0 Å². The molecule has 2 N–H and O–H groups in total. The van der Waals surface area contributed by atoms with Crippen molar-refractivity contribution in [3.05, 3.63) is 72.9 Å². The minimum absolute atomic E-state index is 0.171. The number of carbonyl (C=O) groups excluding carboxylic acids is 2. The maximum absolute atomic E-state index is 12.0. The van der Waals surface area contributed by atoms with E-state index in [0.29, 0.717) is 19.3 Å². The van der Waals surface area contributed by atoms with Crippen molar-refractivity contribution >= 4 is 11.9 Å². The molecule has 0 radical (unpaired) electrons. The molecule has 280 valence electrons. The third-order valence-electron chi connectivity index (χ3n) is 7.98. The Bertz CT molecular complexity index is 942. The Morgan fingerprint density at radius 2 is 1.06 bits per heavy atom. The minimum Gasteiger partial charge on any atom is -0.463 e. The molecule has 0 fully saturated rings. The highest BCUT2D eigenvalue weighted by Gasteiger charge is 2.11. The molecule has 2 atom stereocenters. The van der Waals surface area contributed by atoms with Crippen molar-refractivity contribution < 1.29 is 29.3 Å². The smallest absolute Gasteiger partial charge is 0.306 e. The normalized spacial score (nSPS) is 13.8. The third-order valence-corrected chi connectivity index (χ3v) is 7.98. The summed E-state index contributed by atoms with van der Waals surface area (Å²) in [5.74, 6) is 0.0867. The van der Waals surface area contributed by atoms with E-state index in [1.807, 2.05) is 30.4 Å². The molecule has 6 nitrogen and oxygen atoms in total. The van der Waals surface area contributed by atoms with Crippen LogP contribution in [0.5, 0.6) is 0 Å². The molecule has 0 aromatic rings. The van der Waals surface area contributed by atoms with Crippen molar-refractivity contribution in [2.24, 2.45) is 5.92 Å². The monoisotopic (exact) mass is 685 g/mol. The van der Waals surface area contributed by atoms with Crippen LogP contribution in [0.25, 0.3) is 0 Å². The molecular formula is C43H72O6. The number of hydrogen-bond acceptors (Lipinski definition) is 6. The Morgan fingerprint density at radius 1 is 0.571 bits per heavy atom. The van der Waals surface area contributed by atoms with Crippen molar-refractivity contribution in [2.75, 3.05) is 13.2 Å². The van der Waals surface area contributed by atoms with E-state index in [0.717, 1.165) is 50.9 Å². The first-order valence-corrected chi connectivity index (χ1v) is 19.5. The van der Waals surface area contributed by atoms with Gasteiger partial charge in [0, 0.05) is 12.8 Å². The van der Waals surface area contributed by atoms with Gasteiger partial charge in [-0.25, -0.2) is 0 Å². The van der Waals surface area contributed by atoms with Crippen molar-refractivity contribution in [3.8, 4) is 0 Å². The third kappa shape index (κ3) is 38.0. The molecule has 0 aliphatic carbocycles. The van der Waals surface area contributed by atoms with Crippen molar-refractivity contribution in [2.45, 2.75) is 168 Å². The van der Waals surface area contributed by atoms with E-state index in [1.54, 1.807) is 6.08 Å². The largest absolute Gasteiger partial charge is 0.463 e. The van der Waals surface area contributed by atoms with Gasteiger partial charge in [-0.1, -0.05) is 171 Å². The second-order valence-corrected chi connectivity index (χ2v) is 13.4. The molecule has 0 bridgehead atoms. The summed E-state index contributed by atoms with van der Waals surface area (Å²) in [5.41, 5.74) is 0. The van der Waals surface area contributed by atoms with E-state index in [9.17, 15) is 19.8 Å². The molecule has 0 amide bonds. The number of allylic oxidation sites excluding steroid dienone is 10. The summed E-state index contributed by atoms with van der Waals surface area (Å²) in [4.78, 5) is 23.9. The zero-order valence-corrected chi connectivity index (χ0v) is 31.5. The zero-order chi connectivity index (χ0) is 36.0. The van der Waals surface area contributed by atoms with E-state index in [4.69, 9.17) is 9.47 Å². The molecule has 0 heterocycles. The average molecular weight is 685 g/mol. The van der Waals surface area contributed by atoms with Crippen LogP contribution < -0.4 is 0 Å². The van der Waals surface area contributed by atoms with Crippen LogP contribution in [0.4, 0.5) is 0 Å². The van der Waals surface area contributed by atoms with Crippen LogP contribution in [-0.2, 0) is 19.1 Å². The summed E-state index contributed by atoms with van der Waals surface area (Å²) in [6, 6.07) is 0. The molecule has 0 aliphatic heterocycles. The Balaban J connectivity index is 3.68. The van der Waals surface area contributed by atoms with Gasteiger partial charge in [-0.2, -0.15) is 0 Å². The maximum atomic E-state index is 12.0. The first-order chi connectivity index (χ1) is 23.8. The number of aliphatic hydroxyl groups excluding tert-OH is 2. The second kappa shape index (κ2) is 36.6. The summed E-state index contributed by atoms with van der Waals surface area (Å²) in [6.45, 7) is 6.36. The molecule has 0 aromatic carbocycles. The van der Waals surface area contributed by atoms with Crippen LogP contribution in [0.15, 0.2) is 72.9 Å². The fourth-order valence-corrected chi connectivity index (χ4v) is 5.03. The zero-order valence-electron chi connectivity index (χ0n) is 31.5. The molecule has 0 aliphatic rings. The van der Waals surface area contributed by atoms with Gasteiger partial charge in [-0.05, 0) is 50.9 Å². The average Bonchev–Trinajstić information content (AvgIpc) is 3.08. The molecule has 0 aromatic heterocycles. The number of ether oxygens (including phenoxy) is 2. The second-order valence-electron chi connectivity index (χ2n) is 13.4. The van der Waals surface area contributed by atoms with Gasteiger partial charge in [0.25, 0.3) is 0 Å². The molecule has 0 rings (SSSR count). The van der Waals surface area contributed by atoms with Gasteiger partial charge in [-0.15, -0.1) is 0 Å². The van der Waals surface area contributed by atoms with Gasteiger partial charge in [0.15, 0.2) is 0 Å². The van der Waals surface area contributed by atoms with E-state index in [2.05, 4.69) is 57.2 Å². The van der Waals surface area contributed by atoms with Gasteiger partial charge in [0.05, 0.1) is 6.10 Å². The minimum atomic E-state index is -1.03. The van der Waals surface area contributed by atoms with Crippen molar-refractivity contribution in [3.63, 3.8) is 0 Å². The predicted molar refractivity (Wildman–Crippen MR) is 206 cm³/mol. The van der Waals surface area contributed by atoms with Gasteiger partial charge >= 0.3 is 11.9 Å². The molecular weight excluding hydrogens is 612 g/mol. The highest BCUT2D eigenvalue weighted by atomic mass is 16.6. The lowest BCUT2D eigenvalue weighted by atomic mass is 10.0. The first kappa shape index (κ1) is 46.3. The predicted octanol–water partition coefficient (Wildman–Crippen LogP) is 11.0.